The summed E-state index contributed by atoms with van der Waals surface area (Å²) in [6.07, 6.45) is 1.66. The average molecular weight is 536 g/mol. The van der Waals surface area contributed by atoms with Gasteiger partial charge in [0.1, 0.15) is 6.26 Å². The summed E-state index contributed by atoms with van der Waals surface area (Å²) in [7, 11) is 1.64. The lowest BCUT2D eigenvalue weighted by atomic mass is 10.2. The Morgan fingerprint density at radius 2 is 1.87 bits per heavy atom. The molecule has 166 valence electrons. The van der Waals surface area contributed by atoms with Crippen molar-refractivity contribution in [2.75, 3.05) is 20.3 Å². The lowest BCUT2D eigenvalue weighted by Crippen LogP contribution is -2.36. The van der Waals surface area contributed by atoms with E-state index >= 15 is 0 Å². The minimum absolute atomic E-state index is 0. The highest BCUT2D eigenvalue weighted by Crippen LogP contribution is 2.28. The number of rotatable bonds is 9. The van der Waals surface area contributed by atoms with E-state index in [0.29, 0.717) is 37.3 Å². The van der Waals surface area contributed by atoms with Crippen molar-refractivity contribution in [1.29, 1.82) is 0 Å². The molecular weight excluding hydrogens is 507 g/mol. The van der Waals surface area contributed by atoms with Crippen LogP contribution in [-0.2, 0) is 13.1 Å². The van der Waals surface area contributed by atoms with Crippen LogP contribution < -0.4 is 20.1 Å². The van der Waals surface area contributed by atoms with Crippen molar-refractivity contribution in [1.82, 2.24) is 15.6 Å². The van der Waals surface area contributed by atoms with Crippen LogP contribution in [0.5, 0.6) is 11.5 Å². The zero-order valence-electron chi connectivity index (χ0n) is 18.1. The van der Waals surface area contributed by atoms with Gasteiger partial charge in [0, 0.05) is 12.1 Å². The fraction of sp³-hybridized carbons (Fsp3) is 0.304. The normalized spacial score (nSPS) is 10.9. The molecule has 0 aliphatic rings. The predicted molar refractivity (Wildman–Crippen MR) is 133 cm³/mol. The number of hydrogen-bond donors (Lipinski definition) is 2. The number of halogens is 1. The van der Waals surface area contributed by atoms with Crippen LogP contribution in [0.1, 0.15) is 25.1 Å². The smallest absolute Gasteiger partial charge is 0.226 e. The molecular formula is C23H29IN4O3. The van der Waals surface area contributed by atoms with Crippen molar-refractivity contribution in [2.24, 2.45) is 4.99 Å². The van der Waals surface area contributed by atoms with E-state index in [0.717, 1.165) is 29.1 Å². The summed E-state index contributed by atoms with van der Waals surface area (Å²) < 4.78 is 16.6. The number of ether oxygens (including phenoxy) is 2. The zero-order valence-corrected chi connectivity index (χ0v) is 20.4. The van der Waals surface area contributed by atoms with E-state index in [1.807, 2.05) is 62.4 Å². The van der Waals surface area contributed by atoms with E-state index < -0.39 is 0 Å². The Balaban J connectivity index is 0.00000341. The maximum Gasteiger partial charge on any atom is 0.226 e. The minimum atomic E-state index is 0. The third-order valence-electron chi connectivity index (χ3n) is 4.30. The van der Waals surface area contributed by atoms with Gasteiger partial charge in [0.2, 0.25) is 5.89 Å². The molecule has 0 aliphatic carbocycles. The number of aromatic nitrogens is 1. The standard InChI is InChI=1S/C23H28N4O3.HI/c1-4-24-23(25-14-17-11-12-20(29-5-2)21(13-17)28-3)26-15-19-16-30-22(27-19)18-9-7-6-8-10-18;/h6-13,16H,4-5,14-15H2,1-3H3,(H2,24,25,26);1H. The lowest BCUT2D eigenvalue weighted by Gasteiger charge is -2.12. The van der Waals surface area contributed by atoms with Gasteiger partial charge in [0.25, 0.3) is 0 Å². The van der Waals surface area contributed by atoms with Crippen molar-refractivity contribution in [3.63, 3.8) is 0 Å². The summed E-state index contributed by atoms with van der Waals surface area (Å²) in [6.45, 7) is 6.34. The quantitative estimate of drug-likeness (QED) is 0.236. The zero-order chi connectivity index (χ0) is 21.2. The summed E-state index contributed by atoms with van der Waals surface area (Å²) in [5, 5.41) is 6.54. The van der Waals surface area contributed by atoms with Gasteiger partial charge in [-0.3, -0.25) is 0 Å². The molecule has 0 spiro atoms. The van der Waals surface area contributed by atoms with Gasteiger partial charge < -0.3 is 24.5 Å². The van der Waals surface area contributed by atoms with Gasteiger partial charge in [0.05, 0.1) is 32.5 Å². The summed E-state index contributed by atoms with van der Waals surface area (Å²) in [5.41, 5.74) is 2.79. The predicted octanol–water partition coefficient (Wildman–Crippen LogP) is 4.62. The second kappa shape index (κ2) is 12.8. The molecule has 1 aromatic heterocycles. The number of methoxy groups -OCH3 is 1. The molecule has 0 unspecified atom stereocenters. The van der Waals surface area contributed by atoms with Gasteiger partial charge in [0.15, 0.2) is 17.5 Å². The molecule has 3 aromatic rings. The average Bonchev–Trinajstić information content (AvgIpc) is 3.26. The van der Waals surface area contributed by atoms with Crippen molar-refractivity contribution in [3.8, 4) is 23.0 Å². The molecule has 0 atom stereocenters. The van der Waals surface area contributed by atoms with Crippen molar-refractivity contribution in [2.45, 2.75) is 26.9 Å². The van der Waals surface area contributed by atoms with Gasteiger partial charge in [-0.2, -0.15) is 0 Å². The molecule has 0 aliphatic heterocycles. The highest BCUT2D eigenvalue weighted by Gasteiger charge is 2.08. The summed E-state index contributed by atoms with van der Waals surface area (Å²) >= 11 is 0. The SMILES string of the molecule is CCNC(=NCc1ccc(OCC)c(OC)c1)NCc1coc(-c2ccccc2)n1.I. The van der Waals surface area contributed by atoms with Crippen molar-refractivity contribution in [3.05, 3.63) is 66.1 Å². The third kappa shape index (κ3) is 7.16. The van der Waals surface area contributed by atoms with Crippen LogP contribution in [0.3, 0.4) is 0 Å². The first-order valence-electron chi connectivity index (χ1n) is 10.0. The molecule has 0 bridgehead atoms. The number of aliphatic imine (C=N–C) groups is 1. The molecule has 1 heterocycles. The topological polar surface area (TPSA) is 80.9 Å². The number of nitrogens with one attached hydrogen (secondary N) is 2. The fourth-order valence-electron chi connectivity index (χ4n) is 2.87. The van der Waals surface area contributed by atoms with E-state index in [9.17, 15) is 0 Å². The second-order valence-corrected chi connectivity index (χ2v) is 6.48. The van der Waals surface area contributed by atoms with Gasteiger partial charge in [-0.05, 0) is 43.7 Å². The van der Waals surface area contributed by atoms with E-state index in [1.54, 1.807) is 13.4 Å². The minimum Gasteiger partial charge on any atom is -0.493 e. The molecule has 0 saturated carbocycles. The van der Waals surface area contributed by atoms with Gasteiger partial charge in [-0.25, -0.2) is 9.98 Å². The molecule has 2 N–H and O–H groups in total. The van der Waals surface area contributed by atoms with Gasteiger partial charge >= 0.3 is 0 Å². The van der Waals surface area contributed by atoms with Crippen LogP contribution in [0.2, 0.25) is 0 Å². The number of nitrogens with zero attached hydrogens (tertiary/aromatic N) is 2. The maximum atomic E-state index is 5.59. The number of guanidine groups is 1. The first kappa shape index (κ1) is 24.5. The first-order valence-corrected chi connectivity index (χ1v) is 10.0. The maximum absolute atomic E-state index is 5.59. The monoisotopic (exact) mass is 536 g/mol. The van der Waals surface area contributed by atoms with E-state index in [1.165, 1.54) is 0 Å². The van der Waals surface area contributed by atoms with Crippen LogP contribution >= 0.6 is 24.0 Å². The largest absolute Gasteiger partial charge is 0.493 e. The Morgan fingerprint density at radius 3 is 2.58 bits per heavy atom. The fourth-order valence-corrected chi connectivity index (χ4v) is 2.87. The van der Waals surface area contributed by atoms with Crippen LogP contribution in [0.4, 0.5) is 0 Å². The van der Waals surface area contributed by atoms with Crippen LogP contribution in [0, 0.1) is 0 Å². The highest BCUT2D eigenvalue weighted by molar-refractivity contribution is 14.0. The molecule has 7 nitrogen and oxygen atoms in total. The Hall–Kier alpha value is -2.75. The molecule has 31 heavy (non-hydrogen) atoms. The third-order valence-corrected chi connectivity index (χ3v) is 4.30. The Labute approximate surface area is 200 Å². The van der Waals surface area contributed by atoms with Gasteiger partial charge in [-0.15, -0.1) is 24.0 Å². The van der Waals surface area contributed by atoms with E-state index in [2.05, 4.69) is 20.6 Å². The van der Waals surface area contributed by atoms with Crippen molar-refractivity contribution < 1.29 is 13.9 Å². The molecule has 0 amide bonds. The van der Waals surface area contributed by atoms with Crippen molar-refractivity contribution >= 4 is 29.9 Å². The number of benzene rings is 2. The molecule has 2 aromatic carbocycles. The van der Waals surface area contributed by atoms with Crippen LogP contribution in [0.25, 0.3) is 11.5 Å². The number of hydrogen-bond acceptors (Lipinski definition) is 5. The molecule has 0 radical (unpaired) electrons. The summed E-state index contributed by atoms with van der Waals surface area (Å²) in [5.74, 6) is 2.75. The highest BCUT2D eigenvalue weighted by atomic mass is 127. The Kier molecular flexibility index (Phi) is 10.2. The van der Waals surface area contributed by atoms with Gasteiger partial charge in [-0.1, -0.05) is 24.3 Å². The Morgan fingerprint density at radius 1 is 1.06 bits per heavy atom. The molecule has 0 fully saturated rings. The first-order chi connectivity index (χ1) is 14.7. The number of oxazole rings is 1. The second-order valence-electron chi connectivity index (χ2n) is 6.48. The summed E-state index contributed by atoms with van der Waals surface area (Å²) in [4.78, 5) is 9.19. The molecule has 3 rings (SSSR count). The van der Waals surface area contributed by atoms with Crippen LogP contribution in [-0.4, -0.2) is 31.2 Å². The van der Waals surface area contributed by atoms with E-state index in [4.69, 9.17) is 13.9 Å². The molecule has 0 saturated heterocycles. The van der Waals surface area contributed by atoms with Crippen LogP contribution in [0.15, 0.2) is 64.2 Å². The lowest BCUT2D eigenvalue weighted by molar-refractivity contribution is 0.310. The summed E-state index contributed by atoms with van der Waals surface area (Å²) in [6, 6.07) is 15.7. The Bertz CT molecular complexity index is 960. The molecule has 8 heteroatoms. The van der Waals surface area contributed by atoms with E-state index in [-0.39, 0.29) is 24.0 Å².